The minimum absolute atomic E-state index is 0.0923. The van der Waals surface area contributed by atoms with Crippen LogP contribution in [-0.4, -0.2) is 41.7 Å². The van der Waals surface area contributed by atoms with Crippen LogP contribution in [0.1, 0.15) is 18.4 Å². The predicted octanol–water partition coefficient (Wildman–Crippen LogP) is 2.04. The Bertz CT molecular complexity index is 445. The average molecular weight is 283 g/mol. The number of rotatable bonds is 3. The first kappa shape index (κ1) is 14.3. The van der Waals surface area contributed by atoms with Crippen molar-refractivity contribution < 1.29 is 9.90 Å². The Morgan fingerprint density at radius 3 is 3.05 bits per heavy atom. The van der Waals surface area contributed by atoms with Crippen molar-refractivity contribution in [2.24, 2.45) is 0 Å². The molecule has 4 nitrogen and oxygen atoms in total. The van der Waals surface area contributed by atoms with E-state index in [0.29, 0.717) is 23.8 Å². The first-order chi connectivity index (χ1) is 9.06. The predicted molar refractivity (Wildman–Crippen MR) is 76.5 cm³/mol. The van der Waals surface area contributed by atoms with E-state index in [0.717, 1.165) is 24.9 Å². The number of hydrogen-bond donors (Lipinski definition) is 2. The number of nitrogens with zero attached hydrogens (tertiary/aromatic N) is 1. The van der Waals surface area contributed by atoms with Gasteiger partial charge in [0.2, 0.25) is 5.91 Å². The number of carbonyl (C=O) groups excluding carboxylic acids is 1. The number of aliphatic hydroxyl groups is 1. The van der Waals surface area contributed by atoms with Crippen molar-refractivity contribution in [2.75, 3.05) is 25.0 Å². The summed E-state index contributed by atoms with van der Waals surface area (Å²) in [7, 11) is 0. The maximum Gasteiger partial charge on any atom is 0.238 e. The number of amides is 1. The molecule has 1 aliphatic heterocycles. The van der Waals surface area contributed by atoms with Gasteiger partial charge in [0.05, 0.1) is 23.4 Å². The molecule has 1 aromatic carbocycles. The van der Waals surface area contributed by atoms with E-state index in [4.69, 9.17) is 11.6 Å². The zero-order valence-corrected chi connectivity index (χ0v) is 11.8. The molecule has 19 heavy (non-hydrogen) atoms. The standard InChI is InChI=1S/C14H19ClN2O2/c1-10-4-2-6-12(15)14(10)16-13(19)9-17-7-3-5-11(18)8-17/h2,4,6,11,18H,3,5,7-9H2,1H3,(H,16,19). The molecule has 1 fully saturated rings. The number of benzene rings is 1. The van der Waals surface area contributed by atoms with Gasteiger partial charge in [-0.1, -0.05) is 23.7 Å². The van der Waals surface area contributed by atoms with Gasteiger partial charge in [-0.2, -0.15) is 0 Å². The molecule has 2 rings (SSSR count). The molecule has 0 aromatic heterocycles. The van der Waals surface area contributed by atoms with E-state index >= 15 is 0 Å². The Morgan fingerprint density at radius 1 is 1.58 bits per heavy atom. The van der Waals surface area contributed by atoms with E-state index in [-0.39, 0.29) is 12.0 Å². The molecule has 1 unspecified atom stereocenters. The fraction of sp³-hybridized carbons (Fsp3) is 0.500. The molecule has 0 aliphatic carbocycles. The normalized spacial score (nSPS) is 20.3. The zero-order chi connectivity index (χ0) is 13.8. The van der Waals surface area contributed by atoms with Gasteiger partial charge in [-0.15, -0.1) is 0 Å². The highest BCUT2D eigenvalue weighted by Gasteiger charge is 2.20. The minimum atomic E-state index is -0.316. The number of hydrogen-bond acceptors (Lipinski definition) is 3. The van der Waals surface area contributed by atoms with Crippen molar-refractivity contribution in [1.29, 1.82) is 0 Å². The Morgan fingerprint density at radius 2 is 2.37 bits per heavy atom. The van der Waals surface area contributed by atoms with E-state index in [9.17, 15) is 9.90 Å². The summed E-state index contributed by atoms with van der Waals surface area (Å²) >= 11 is 6.07. The second-order valence-corrected chi connectivity index (χ2v) is 5.42. The van der Waals surface area contributed by atoms with E-state index in [1.807, 2.05) is 24.0 Å². The number of aryl methyl sites for hydroxylation is 1. The Kier molecular flexibility index (Phi) is 4.80. The van der Waals surface area contributed by atoms with Crippen LogP contribution < -0.4 is 5.32 Å². The number of halogens is 1. The quantitative estimate of drug-likeness (QED) is 0.892. The molecule has 1 aliphatic rings. The molecule has 0 saturated carbocycles. The number of likely N-dealkylation sites (tertiary alicyclic amines) is 1. The SMILES string of the molecule is Cc1cccc(Cl)c1NC(=O)CN1CCCC(O)C1. The summed E-state index contributed by atoms with van der Waals surface area (Å²) in [5, 5.41) is 13.0. The molecule has 1 saturated heterocycles. The lowest BCUT2D eigenvalue weighted by Crippen LogP contribution is -2.42. The van der Waals surface area contributed by atoms with Crippen molar-refractivity contribution in [3.05, 3.63) is 28.8 Å². The van der Waals surface area contributed by atoms with Crippen molar-refractivity contribution in [3.8, 4) is 0 Å². The third-order valence-corrected chi connectivity index (χ3v) is 3.65. The summed E-state index contributed by atoms with van der Waals surface area (Å²) in [6.45, 7) is 3.62. The number of carbonyl (C=O) groups is 1. The van der Waals surface area contributed by atoms with Gasteiger partial charge >= 0.3 is 0 Å². The highest BCUT2D eigenvalue weighted by molar-refractivity contribution is 6.33. The molecule has 0 bridgehead atoms. The maximum atomic E-state index is 12.0. The third kappa shape index (κ3) is 3.93. The molecule has 1 amide bonds. The van der Waals surface area contributed by atoms with Crippen LogP contribution in [0.5, 0.6) is 0 Å². The van der Waals surface area contributed by atoms with Crippen molar-refractivity contribution in [1.82, 2.24) is 4.90 Å². The summed E-state index contributed by atoms with van der Waals surface area (Å²) in [4.78, 5) is 14.0. The van der Waals surface area contributed by atoms with Crippen LogP contribution in [0, 0.1) is 6.92 Å². The molecule has 5 heteroatoms. The minimum Gasteiger partial charge on any atom is -0.392 e. The molecule has 1 atom stereocenters. The topological polar surface area (TPSA) is 52.6 Å². The van der Waals surface area contributed by atoms with E-state index < -0.39 is 0 Å². The Balaban J connectivity index is 1.94. The average Bonchev–Trinajstić information content (AvgIpc) is 2.34. The van der Waals surface area contributed by atoms with Gasteiger partial charge in [0.1, 0.15) is 0 Å². The number of β-amino-alcohol motifs (C(OH)–C–C–N with tert-alkyl or cyclic N) is 1. The summed E-state index contributed by atoms with van der Waals surface area (Å²) in [6, 6.07) is 5.52. The third-order valence-electron chi connectivity index (χ3n) is 3.33. The van der Waals surface area contributed by atoms with Gasteiger partial charge in [0, 0.05) is 6.54 Å². The fourth-order valence-corrected chi connectivity index (χ4v) is 2.62. The molecule has 1 aromatic rings. The Hall–Kier alpha value is -1.10. The summed E-state index contributed by atoms with van der Waals surface area (Å²) < 4.78 is 0. The van der Waals surface area contributed by atoms with Gasteiger partial charge in [-0.3, -0.25) is 9.69 Å². The number of aliphatic hydroxyl groups excluding tert-OH is 1. The van der Waals surface area contributed by atoms with Crippen LogP contribution >= 0.6 is 11.6 Å². The lowest BCUT2D eigenvalue weighted by atomic mass is 10.1. The van der Waals surface area contributed by atoms with Crippen molar-refractivity contribution in [3.63, 3.8) is 0 Å². The summed E-state index contributed by atoms with van der Waals surface area (Å²) in [5.74, 6) is -0.0923. The molecular formula is C14H19ClN2O2. The van der Waals surface area contributed by atoms with Crippen LogP contribution in [0.4, 0.5) is 5.69 Å². The lowest BCUT2D eigenvalue weighted by molar-refractivity contribution is -0.118. The van der Waals surface area contributed by atoms with Crippen molar-refractivity contribution in [2.45, 2.75) is 25.9 Å². The monoisotopic (exact) mass is 282 g/mol. The zero-order valence-electron chi connectivity index (χ0n) is 11.0. The molecule has 1 heterocycles. The van der Waals surface area contributed by atoms with E-state index in [1.165, 1.54) is 0 Å². The van der Waals surface area contributed by atoms with E-state index in [2.05, 4.69) is 5.32 Å². The second-order valence-electron chi connectivity index (χ2n) is 5.01. The first-order valence-electron chi connectivity index (χ1n) is 6.51. The second kappa shape index (κ2) is 6.37. The lowest BCUT2D eigenvalue weighted by Gasteiger charge is -2.29. The number of nitrogens with one attached hydrogen (secondary N) is 1. The number of anilines is 1. The number of para-hydroxylation sites is 1. The van der Waals surface area contributed by atoms with Gasteiger partial charge in [0.15, 0.2) is 0 Å². The Labute approximate surface area is 118 Å². The maximum absolute atomic E-state index is 12.0. The van der Waals surface area contributed by atoms with Crippen LogP contribution in [0.25, 0.3) is 0 Å². The van der Waals surface area contributed by atoms with Gasteiger partial charge < -0.3 is 10.4 Å². The molecule has 0 spiro atoms. The van der Waals surface area contributed by atoms with Gasteiger partial charge in [-0.25, -0.2) is 0 Å². The fourth-order valence-electron chi connectivity index (χ4n) is 2.35. The van der Waals surface area contributed by atoms with Crippen LogP contribution in [0.15, 0.2) is 18.2 Å². The van der Waals surface area contributed by atoms with Crippen molar-refractivity contribution >= 4 is 23.2 Å². The largest absolute Gasteiger partial charge is 0.392 e. The number of piperidine rings is 1. The first-order valence-corrected chi connectivity index (χ1v) is 6.89. The van der Waals surface area contributed by atoms with Gasteiger partial charge in [-0.05, 0) is 37.9 Å². The molecule has 0 radical (unpaired) electrons. The molecule has 104 valence electrons. The van der Waals surface area contributed by atoms with E-state index in [1.54, 1.807) is 6.07 Å². The highest BCUT2D eigenvalue weighted by atomic mass is 35.5. The molecular weight excluding hydrogens is 264 g/mol. The van der Waals surface area contributed by atoms with Gasteiger partial charge in [0.25, 0.3) is 0 Å². The van der Waals surface area contributed by atoms with Crippen LogP contribution in [0.3, 0.4) is 0 Å². The summed E-state index contributed by atoms with van der Waals surface area (Å²) in [6.07, 6.45) is 1.44. The summed E-state index contributed by atoms with van der Waals surface area (Å²) in [5.41, 5.74) is 1.62. The molecule has 2 N–H and O–H groups in total. The van der Waals surface area contributed by atoms with Crippen LogP contribution in [0.2, 0.25) is 5.02 Å². The van der Waals surface area contributed by atoms with Crippen LogP contribution in [-0.2, 0) is 4.79 Å². The highest BCUT2D eigenvalue weighted by Crippen LogP contribution is 2.25. The smallest absolute Gasteiger partial charge is 0.238 e.